The van der Waals surface area contributed by atoms with Gasteiger partial charge in [-0.25, -0.2) is 0 Å². The molecule has 1 atom stereocenters. The molecule has 16 heavy (non-hydrogen) atoms. The first kappa shape index (κ1) is 12.4. The third kappa shape index (κ3) is 3.45. The van der Waals surface area contributed by atoms with Crippen LogP contribution in [0.2, 0.25) is 0 Å². The van der Waals surface area contributed by atoms with Crippen LogP contribution in [0.1, 0.15) is 20.3 Å². The number of likely N-dealkylation sites (tertiary alicyclic amines) is 1. The van der Waals surface area contributed by atoms with Gasteiger partial charge in [-0.05, 0) is 47.4 Å². The summed E-state index contributed by atoms with van der Waals surface area (Å²) in [7, 11) is 0. The van der Waals surface area contributed by atoms with Crippen molar-refractivity contribution in [1.82, 2.24) is 14.7 Å². The van der Waals surface area contributed by atoms with Gasteiger partial charge in [-0.15, -0.1) is 0 Å². The second kappa shape index (κ2) is 5.49. The summed E-state index contributed by atoms with van der Waals surface area (Å²) < 4.78 is 3.32. The first-order chi connectivity index (χ1) is 7.63. The average Bonchev–Trinajstić information content (AvgIpc) is 2.76. The average molecular weight is 333 g/mol. The van der Waals surface area contributed by atoms with Crippen molar-refractivity contribution < 1.29 is 0 Å². The summed E-state index contributed by atoms with van der Waals surface area (Å²) >= 11 is 2.31. The normalized spacial score (nSPS) is 22.1. The van der Waals surface area contributed by atoms with Crippen molar-refractivity contribution in [3.05, 3.63) is 16.0 Å². The molecule has 2 heterocycles. The Labute approximate surface area is 111 Å². The molecule has 4 heteroatoms. The predicted molar refractivity (Wildman–Crippen MR) is 74.3 cm³/mol. The van der Waals surface area contributed by atoms with Crippen molar-refractivity contribution in [3.63, 3.8) is 0 Å². The number of halogens is 1. The maximum Gasteiger partial charge on any atom is 0.0623 e. The molecule has 1 aliphatic rings. The van der Waals surface area contributed by atoms with E-state index in [2.05, 4.69) is 57.3 Å². The summed E-state index contributed by atoms with van der Waals surface area (Å²) in [6, 6.07) is 0. The Bertz CT molecular complexity index is 335. The molecule has 2 rings (SSSR count). The topological polar surface area (TPSA) is 21.1 Å². The van der Waals surface area contributed by atoms with Gasteiger partial charge in [-0.3, -0.25) is 4.68 Å². The van der Waals surface area contributed by atoms with E-state index in [1.807, 2.05) is 6.20 Å². The zero-order chi connectivity index (χ0) is 11.5. The molecule has 0 saturated carbocycles. The van der Waals surface area contributed by atoms with E-state index in [-0.39, 0.29) is 0 Å². The first-order valence-corrected chi connectivity index (χ1v) is 7.11. The summed E-state index contributed by atoms with van der Waals surface area (Å²) in [5, 5.41) is 4.36. The van der Waals surface area contributed by atoms with E-state index in [0.717, 1.165) is 18.4 Å². The molecule has 0 spiro atoms. The largest absolute Gasteiger partial charge is 0.303 e. The maximum atomic E-state index is 4.36. The highest BCUT2D eigenvalue weighted by Gasteiger charge is 2.23. The second-order valence-electron chi connectivity index (χ2n) is 5.19. The monoisotopic (exact) mass is 333 g/mol. The minimum absolute atomic E-state index is 0.782. The Balaban J connectivity index is 1.80. The molecular weight excluding hydrogens is 313 g/mol. The molecule has 0 N–H and O–H groups in total. The molecule has 1 aromatic heterocycles. The van der Waals surface area contributed by atoms with Crippen LogP contribution in [0.15, 0.2) is 12.4 Å². The fourth-order valence-electron chi connectivity index (χ4n) is 2.45. The highest BCUT2D eigenvalue weighted by Crippen LogP contribution is 2.19. The Morgan fingerprint density at radius 1 is 1.56 bits per heavy atom. The lowest BCUT2D eigenvalue weighted by atomic mass is 10.1. The Kier molecular flexibility index (Phi) is 4.24. The van der Waals surface area contributed by atoms with Crippen LogP contribution in [0.4, 0.5) is 0 Å². The van der Waals surface area contributed by atoms with E-state index < -0.39 is 0 Å². The third-order valence-corrected chi connectivity index (χ3v) is 3.60. The van der Waals surface area contributed by atoms with Crippen LogP contribution in [-0.4, -0.2) is 34.3 Å². The molecular formula is C12H20IN3. The second-order valence-corrected chi connectivity index (χ2v) is 6.43. The third-order valence-electron chi connectivity index (χ3n) is 3.04. The van der Waals surface area contributed by atoms with Crippen LogP contribution in [0.3, 0.4) is 0 Å². The number of aromatic nitrogens is 2. The predicted octanol–water partition coefficient (Wildman–Crippen LogP) is 2.47. The number of nitrogens with zero attached hydrogens (tertiary/aromatic N) is 3. The van der Waals surface area contributed by atoms with Gasteiger partial charge in [0.25, 0.3) is 0 Å². The number of rotatable bonds is 4. The molecule has 0 aromatic carbocycles. The van der Waals surface area contributed by atoms with Crippen LogP contribution >= 0.6 is 22.6 Å². The highest BCUT2D eigenvalue weighted by molar-refractivity contribution is 14.1. The molecule has 90 valence electrons. The van der Waals surface area contributed by atoms with Crippen molar-refractivity contribution in [2.45, 2.75) is 26.8 Å². The molecule has 1 fully saturated rings. The van der Waals surface area contributed by atoms with Gasteiger partial charge in [0.2, 0.25) is 0 Å². The van der Waals surface area contributed by atoms with E-state index >= 15 is 0 Å². The standard InChI is InChI=1S/C12H20IN3/c1-10(2)6-15-4-3-11(7-15)8-16-9-12(13)5-14-16/h5,9-11H,3-4,6-8H2,1-2H3. The molecule has 3 nitrogen and oxygen atoms in total. The Morgan fingerprint density at radius 2 is 2.38 bits per heavy atom. The lowest BCUT2D eigenvalue weighted by Gasteiger charge is -2.18. The minimum atomic E-state index is 0.782. The fraction of sp³-hybridized carbons (Fsp3) is 0.750. The zero-order valence-corrected chi connectivity index (χ0v) is 12.2. The lowest BCUT2D eigenvalue weighted by molar-refractivity contribution is 0.280. The quantitative estimate of drug-likeness (QED) is 0.790. The SMILES string of the molecule is CC(C)CN1CCC(Cn2cc(I)cn2)C1. The lowest BCUT2D eigenvalue weighted by Crippen LogP contribution is -2.26. The van der Waals surface area contributed by atoms with Gasteiger partial charge in [-0.1, -0.05) is 13.8 Å². The number of hydrogen-bond donors (Lipinski definition) is 0. The summed E-state index contributed by atoms with van der Waals surface area (Å²) in [4.78, 5) is 2.59. The molecule has 1 saturated heterocycles. The summed E-state index contributed by atoms with van der Waals surface area (Å²) in [6.45, 7) is 9.42. The van der Waals surface area contributed by atoms with E-state index in [9.17, 15) is 0 Å². The molecule has 1 aliphatic heterocycles. The van der Waals surface area contributed by atoms with E-state index in [0.29, 0.717) is 0 Å². The van der Waals surface area contributed by atoms with Gasteiger partial charge >= 0.3 is 0 Å². The maximum absolute atomic E-state index is 4.36. The van der Waals surface area contributed by atoms with Gasteiger partial charge in [0, 0.05) is 25.8 Å². The molecule has 0 radical (unpaired) electrons. The minimum Gasteiger partial charge on any atom is -0.303 e. The Morgan fingerprint density at radius 3 is 3.00 bits per heavy atom. The van der Waals surface area contributed by atoms with Crippen molar-refractivity contribution in [2.75, 3.05) is 19.6 Å². The van der Waals surface area contributed by atoms with Crippen molar-refractivity contribution in [2.24, 2.45) is 11.8 Å². The summed E-state index contributed by atoms with van der Waals surface area (Å²) in [6.07, 6.45) is 5.39. The smallest absolute Gasteiger partial charge is 0.0623 e. The van der Waals surface area contributed by atoms with Crippen molar-refractivity contribution in [1.29, 1.82) is 0 Å². The van der Waals surface area contributed by atoms with Crippen LogP contribution < -0.4 is 0 Å². The fourth-order valence-corrected chi connectivity index (χ4v) is 2.89. The highest BCUT2D eigenvalue weighted by atomic mass is 127. The van der Waals surface area contributed by atoms with Crippen LogP contribution in [0, 0.1) is 15.4 Å². The van der Waals surface area contributed by atoms with Crippen LogP contribution in [0.5, 0.6) is 0 Å². The van der Waals surface area contributed by atoms with E-state index in [1.54, 1.807) is 0 Å². The van der Waals surface area contributed by atoms with E-state index in [1.165, 1.54) is 29.6 Å². The van der Waals surface area contributed by atoms with Gasteiger partial charge in [-0.2, -0.15) is 5.10 Å². The molecule has 0 aliphatic carbocycles. The summed E-state index contributed by atoms with van der Waals surface area (Å²) in [5.74, 6) is 1.57. The van der Waals surface area contributed by atoms with Crippen LogP contribution in [0.25, 0.3) is 0 Å². The van der Waals surface area contributed by atoms with E-state index in [4.69, 9.17) is 0 Å². The Hall–Kier alpha value is -0.100. The zero-order valence-electron chi connectivity index (χ0n) is 10.1. The summed E-state index contributed by atoms with van der Waals surface area (Å²) in [5.41, 5.74) is 0. The van der Waals surface area contributed by atoms with Gasteiger partial charge in [0.15, 0.2) is 0 Å². The molecule has 1 unspecified atom stereocenters. The van der Waals surface area contributed by atoms with Crippen molar-refractivity contribution in [3.8, 4) is 0 Å². The number of hydrogen-bond acceptors (Lipinski definition) is 2. The van der Waals surface area contributed by atoms with Crippen LogP contribution in [-0.2, 0) is 6.54 Å². The molecule has 0 bridgehead atoms. The van der Waals surface area contributed by atoms with Gasteiger partial charge in [0.1, 0.15) is 0 Å². The van der Waals surface area contributed by atoms with Gasteiger partial charge in [0.05, 0.1) is 9.77 Å². The van der Waals surface area contributed by atoms with Crippen molar-refractivity contribution >= 4 is 22.6 Å². The van der Waals surface area contributed by atoms with Gasteiger partial charge < -0.3 is 4.90 Å². The molecule has 1 aromatic rings. The first-order valence-electron chi connectivity index (χ1n) is 6.04. The molecule has 0 amide bonds.